The highest BCUT2D eigenvalue weighted by atomic mass is 35.5. The molecule has 1 aromatic heterocycles. The monoisotopic (exact) mass is 369 g/mol. The van der Waals surface area contributed by atoms with Crippen LogP contribution in [0.2, 0.25) is 5.02 Å². The van der Waals surface area contributed by atoms with Gasteiger partial charge in [-0.25, -0.2) is 9.97 Å². The molecule has 1 heterocycles. The van der Waals surface area contributed by atoms with E-state index in [9.17, 15) is 0 Å². The smallest absolute Gasteiger partial charge is 0.148 e. The molecule has 1 N–H and O–H groups in total. The van der Waals surface area contributed by atoms with Crippen molar-refractivity contribution >= 4 is 17.4 Å². The van der Waals surface area contributed by atoms with Crippen LogP contribution in [0.25, 0.3) is 0 Å². The lowest BCUT2D eigenvalue weighted by Crippen LogP contribution is -2.13. The summed E-state index contributed by atoms with van der Waals surface area (Å²) in [5, 5.41) is 3.74. The number of rotatable bonds is 8. The Labute approximate surface area is 158 Å². The topological polar surface area (TPSA) is 56.3 Å². The molecule has 0 aliphatic rings. The number of nitrogens with one attached hydrogen (secondary N) is 1. The minimum Gasteiger partial charge on any atom is -0.492 e. The molecule has 3 aromatic rings. The molecule has 26 heavy (non-hydrogen) atoms. The number of anilines is 1. The van der Waals surface area contributed by atoms with Gasteiger partial charge in [-0.1, -0.05) is 36.7 Å². The summed E-state index contributed by atoms with van der Waals surface area (Å²) in [4.78, 5) is 8.30. The minimum absolute atomic E-state index is 0.487. The molecule has 2 aromatic carbocycles. The highest BCUT2D eigenvalue weighted by molar-refractivity contribution is 6.33. The molecular formula is C20H20ClN3O2. The second-order valence-electron chi connectivity index (χ2n) is 5.50. The fourth-order valence-electron chi connectivity index (χ4n) is 2.34. The summed E-state index contributed by atoms with van der Waals surface area (Å²) in [6.45, 7) is 3.08. The summed E-state index contributed by atoms with van der Waals surface area (Å²) >= 11 is 6.25. The Hall–Kier alpha value is -2.79. The van der Waals surface area contributed by atoms with Crippen molar-refractivity contribution in [2.75, 3.05) is 18.5 Å². The SMILES string of the molecule is CCc1ncnc(NCCOc2ccc(Oc3ccccc3)cc2)c1Cl. The summed E-state index contributed by atoms with van der Waals surface area (Å²) in [6, 6.07) is 17.2. The van der Waals surface area contributed by atoms with Gasteiger partial charge in [-0.3, -0.25) is 0 Å². The Morgan fingerprint density at radius 2 is 1.62 bits per heavy atom. The Balaban J connectivity index is 1.47. The molecule has 0 bridgehead atoms. The zero-order valence-electron chi connectivity index (χ0n) is 14.5. The van der Waals surface area contributed by atoms with Gasteiger partial charge in [-0.2, -0.15) is 0 Å². The number of benzene rings is 2. The number of halogens is 1. The number of para-hydroxylation sites is 1. The largest absolute Gasteiger partial charge is 0.492 e. The Bertz CT molecular complexity index is 826. The van der Waals surface area contributed by atoms with Gasteiger partial charge >= 0.3 is 0 Å². The van der Waals surface area contributed by atoms with E-state index in [4.69, 9.17) is 21.1 Å². The van der Waals surface area contributed by atoms with Gasteiger partial charge in [0.05, 0.1) is 12.2 Å². The molecular weight excluding hydrogens is 350 g/mol. The van der Waals surface area contributed by atoms with E-state index in [1.54, 1.807) is 0 Å². The molecule has 0 atom stereocenters. The molecule has 5 nitrogen and oxygen atoms in total. The number of hydrogen-bond acceptors (Lipinski definition) is 5. The molecule has 0 aliphatic carbocycles. The van der Waals surface area contributed by atoms with E-state index in [2.05, 4.69) is 15.3 Å². The maximum Gasteiger partial charge on any atom is 0.148 e. The van der Waals surface area contributed by atoms with E-state index in [1.807, 2.05) is 61.5 Å². The van der Waals surface area contributed by atoms with E-state index in [0.717, 1.165) is 29.4 Å². The van der Waals surface area contributed by atoms with Crippen LogP contribution >= 0.6 is 11.6 Å². The summed E-state index contributed by atoms with van der Waals surface area (Å²) in [5.74, 6) is 2.98. The molecule has 0 saturated heterocycles. The molecule has 0 aliphatic heterocycles. The van der Waals surface area contributed by atoms with Crippen LogP contribution < -0.4 is 14.8 Å². The van der Waals surface area contributed by atoms with Crippen LogP contribution in [0.3, 0.4) is 0 Å². The Kier molecular flexibility index (Phi) is 6.28. The first-order valence-corrected chi connectivity index (χ1v) is 8.83. The standard InChI is InChI=1S/C20H20ClN3O2/c1-2-18-19(21)20(24-14-23-18)22-12-13-25-15-8-10-17(11-9-15)26-16-6-4-3-5-7-16/h3-11,14H,2,12-13H2,1H3,(H,22,23,24). The lowest BCUT2D eigenvalue weighted by Gasteiger charge is -2.11. The van der Waals surface area contributed by atoms with Gasteiger partial charge in [0.2, 0.25) is 0 Å². The van der Waals surface area contributed by atoms with E-state index >= 15 is 0 Å². The molecule has 0 amide bonds. The Morgan fingerprint density at radius 3 is 2.35 bits per heavy atom. The van der Waals surface area contributed by atoms with Crippen LogP contribution in [0.4, 0.5) is 5.82 Å². The maximum absolute atomic E-state index is 6.25. The third-order valence-corrected chi connectivity index (χ3v) is 4.06. The van der Waals surface area contributed by atoms with Gasteiger partial charge in [-0.05, 0) is 42.8 Å². The second-order valence-corrected chi connectivity index (χ2v) is 5.88. The van der Waals surface area contributed by atoms with Crippen LogP contribution in [-0.2, 0) is 6.42 Å². The third kappa shape index (κ3) is 4.86. The first-order chi connectivity index (χ1) is 12.8. The minimum atomic E-state index is 0.487. The number of aromatic nitrogens is 2. The van der Waals surface area contributed by atoms with Crippen LogP contribution in [0.1, 0.15) is 12.6 Å². The van der Waals surface area contributed by atoms with E-state index in [1.165, 1.54) is 6.33 Å². The predicted molar refractivity (Wildman–Crippen MR) is 103 cm³/mol. The Morgan fingerprint density at radius 1 is 0.923 bits per heavy atom. The highest BCUT2D eigenvalue weighted by Gasteiger charge is 2.07. The average Bonchev–Trinajstić information content (AvgIpc) is 2.68. The van der Waals surface area contributed by atoms with Gasteiger partial charge < -0.3 is 14.8 Å². The van der Waals surface area contributed by atoms with Gasteiger partial charge in [-0.15, -0.1) is 0 Å². The van der Waals surface area contributed by atoms with E-state index in [-0.39, 0.29) is 0 Å². The predicted octanol–water partition coefficient (Wildman–Crippen LogP) is 4.98. The molecule has 134 valence electrons. The van der Waals surface area contributed by atoms with Crippen molar-refractivity contribution in [2.45, 2.75) is 13.3 Å². The lowest BCUT2D eigenvalue weighted by molar-refractivity contribution is 0.332. The van der Waals surface area contributed by atoms with Crippen molar-refractivity contribution in [3.8, 4) is 17.2 Å². The maximum atomic E-state index is 6.25. The third-order valence-electron chi connectivity index (χ3n) is 3.66. The molecule has 0 saturated carbocycles. The lowest BCUT2D eigenvalue weighted by atomic mass is 10.3. The summed E-state index contributed by atoms with van der Waals surface area (Å²) in [6.07, 6.45) is 2.28. The zero-order valence-corrected chi connectivity index (χ0v) is 15.2. The normalized spacial score (nSPS) is 10.4. The van der Waals surface area contributed by atoms with E-state index < -0.39 is 0 Å². The number of ether oxygens (including phenoxy) is 2. The molecule has 6 heteroatoms. The first kappa shape index (κ1) is 18.0. The van der Waals surface area contributed by atoms with Crippen LogP contribution in [0.15, 0.2) is 60.9 Å². The fourth-order valence-corrected chi connectivity index (χ4v) is 2.64. The van der Waals surface area contributed by atoms with Crippen molar-refractivity contribution in [3.05, 3.63) is 71.6 Å². The zero-order chi connectivity index (χ0) is 18.2. The van der Waals surface area contributed by atoms with Crippen LogP contribution in [-0.4, -0.2) is 23.1 Å². The summed E-state index contributed by atoms with van der Waals surface area (Å²) in [5.41, 5.74) is 0.832. The number of hydrogen-bond donors (Lipinski definition) is 1. The highest BCUT2D eigenvalue weighted by Crippen LogP contribution is 2.24. The first-order valence-electron chi connectivity index (χ1n) is 8.45. The fraction of sp³-hybridized carbons (Fsp3) is 0.200. The van der Waals surface area contributed by atoms with E-state index in [0.29, 0.717) is 24.0 Å². The van der Waals surface area contributed by atoms with Crippen molar-refractivity contribution in [3.63, 3.8) is 0 Å². The van der Waals surface area contributed by atoms with Crippen molar-refractivity contribution in [1.82, 2.24) is 9.97 Å². The molecule has 0 radical (unpaired) electrons. The number of aryl methyl sites for hydroxylation is 1. The average molecular weight is 370 g/mol. The van der Waals surface area contributed by atoms with Crippen molar-refractivity contribution < 1.29 is 9.47 Å². The molecule has 0 unspecified atom stereocenters. The van der Waals surface area contributed by atoms with Gasteiger partial charge in [0.15, 0.2) is 0 Å². The molecule has 0 spiro atoms. The molecule has 0 fully saturated rings. The van der Waals surface area contributed by atoms with Gasteiger partial charge in [0.25, 0.3) is 0 Å². The molecule has 3 rings (SSSR count). The second kappa shape index (κ2) is 9.06. The number of nitrogens with zero attached hydrogens (tertiary/aromatic N) is 2. The van der Waals surface area contributed by atoms with Gasteiger partial charge in [0, 0.05) is 0 Å². The van der Waals surface area contributed by atoms with Gasteiger partial charge in [0.1, 0.15) is 41.0 Å². The van der Waals surface area contributed by atoms with Crippen molar-refractivity contribution in [2.24, 2.45) is 0 Å². The van der Waals surface area contributed by atoms with Crippen LogP contribution in [0.5, 0.6) is 17.2 Å². The van der Waals surface area contributed by atoms with Crippen molar-refractivity contribution in [1.29, 1.82) is 0 Å². The summed E-state index contributed by atoms with van der Waals surface area (Å²) in [7, 11) is 0. The van der Waals surface area contributed by atoms with Crippen LogP contribution in [0, 0.1) is 0 Å². The summed E-state index contributed by atoms with van der Waals surface area (Å²) < 4.78 is 11.5. The quantitative estimate of drug-likeness (QED) is 0.568.